The number of Topliss-reactive ketones (excluding diaryl/α,β-unsaturated/α-hetero) is 1. The molecule has 3 rings (SSSR count). The summed E-state index contributed by atoms with van der Waals surface area (Å²) in [6, 6.07) is -0.167. The van der Waals surface area contributed by atoms with Crippen LogP contribution < -0.4 is 5.32 Å². The number of carbonyl (C=O) groups excluding carboxylic acids is 1. The number of aliphatic hydroxyl groups is 1. The number of ketones is 1. The third-order valence-electron chi connectivity index (χ3n) is 3.70. The highest BCUT2D eigenvalue weighted by molar-refractivity contribution is 6.33. The second kappa shape index (κ2) is 7.32. The van der Waals surface area contributed by atoms with Gasteiger partial charge in [0.25, 0.3) is 0 Å². The summed E-state index contributed by atoms with van der Waals surface area (Å²) >= 11 is 5.93. The Balaban J connectivity index is 0.00000176. The van der Waals surface area contributed by atoms with E-state index in [1.165, 1.54) is 12.7 Å². The molecule has 1 saturated heterocycles. The van der Waals surface area contributed by atoms with Gasteiger partial charge in [-0.15, -0.1) is 12.4 Å². The summed E-state index contributed by atoms with van der Waals surface area (Å²) < 4.78 is 1.65. The molecule has 9 heteroatoms. The van der Waals surface area contributed by atoms with Crippen LogP contribution in [0.15, 0.2) is 12.7 Å². The molecule has 0 aromatic carbocycles. The maximum atomic E-state index is 12.2. The van der Waals surface area contributed by atoms with E-state index < -0.39 is 6.10 Å². The number of hydrogen-bond acceptors (Lipinski definition) is 6. The number of rotatable bonds is 4. The summed E-state index contributed by atoms with van der Waals surface area (Å²) in [4.78, 5) is 24.3. The molecule has 2 aromatic heterocycles. The van der Waals surface area contributed by atoms with Gasteiger partial charge in [0.15, 0.2) is 16.6 Å². The molecule has 0 saturated carbocycles. The number of halogens is 2. The van der Waals surface area contributed by atoms with E-state index in [-0.39, 0.29) is 35.9 Å². The van der Waals surface area contributed by atoms with Crippen molar-refractivity contribution in [1.29, 1.82) is 0 Å². The van der Waals surface area contributed by atoms with Crippen LogP contribution in [0.4, 0.5) is 0 Å². The number of aromatic nitrogens is 4. The summed E-state index contributed by atoms with van der Waals surface area (Å²) in [5, 5.41) is 13.3. The van der Waals surface area contributed by atoms with Crippen molar-refractivity contribution < 1.29 is 9.90 Å². The summed E-state index contributed by atoms with van der Waals surface area (Å²) in [6.07, 6.45) is 4.39. The van der Waals surface area contributed by atoms with Gasteiger partial charge in [0.2, 0.25) is 0 Å². The van der Waals surface area contributed by atoms with Crippen LogP contribution in [0.2, 0.25) is 5.15 Å². The number of piperidine rings is 1. The van der Waals surface area contributed by atoms with Crippen LogP contribution in [0.25, 0.3) is 11.2 Å². The Morgan fingerprint density at radius 2 is 2.27 bits per heavy atom. The third kappa shape index (κ3) is 3.55. The number of nitrogens with one attached hydrogen (secondary N) is 1. The maximum absolute atomic E-state index is 12.2. The molecule has 1 fully saturated rings. The molecule has 120 valence electrons. The minimum Gasteiger partial charge on any atom is -0.391 e. The van der Waals surface area contributed by atoms with Gasteiger partial charge in [0, 0.05) is 12.5 Å². The molecule has 2 N–H and O–H groups in total. The zero-order valence-electron chi connectivity index (χ0n) is 11.8. The van der Waals surface area contributed by atoms with Gasteiger partial charge in [0.05, 0.1) is 19.0 Å². The minimum atomic E-state index is -0.459. The van der Waals surface area contributed by atoms with E-state index in [9.17, 15) is 9.90 Å². The number of carbonyl (C=O) groups is 1. The predicted molar refractivity (Wildman–Crippen MR) is 84.2 cm³/mol. The van der Waals surface area contributed by atoms with E-state index in [2.05, 4.69) is 20.3 Å². The Hall–Kier alpha value is -1.28. The fourth-order valence-corrected chi connectivity index (χ4v) is 2.79. The van der Waals surface area contributed by atoms with Gasteiger partial charge in [-0.05, 0) is 19.4 Å². The largest absolute Gasteiger partial charge is 0.391 e. The van der Waals surface area contributed by atoms with Gasteiger partial charge in [-0.1, -0.05) is 11.6 Å². The van der Waals surface area contributed by atoms with E-state index in [1.54, 1.807) is 4.57 Å². The number of hydrogen-bond donors (Lipinski definition) is 2. The van der Waals surface area contributed by atoms with Crippen LogP contribution >= 0.6 is 24.0 Å². The molecule has 0 spiro atoms. The Bertz CT molecular complexity index is 663. The highest BCUT2D eigenvalue weighted by atomic mass is 35.5. The molecule has 3 heterocycles. The Morgan fingerprint density at radius 1 is 1.45 bits per heavy atom. The molecule has 0 radical (unpaired) electrons. The van der Waals surface area contributed by atoms with Crippen molar-refractivity contribution in [3.05, 3.63) is 17.8 Å². The van der Waals surface area contributed by atoms with Crippen molar-refractivity contribution in [1.82, 2.24) is 24.8 Å². The first-order valence-corrected chi connectivity index (χ1v) is 7.27. The fraction of sp³-hybridized carbons (Fsp3) is 0.538. The summed E-state index contributed by atoms with van der Waals surface area (Å²) in [6.45, 7) is 1.00. The van der Waals surface area contributed by atoms with E-state index in [1.807, 2.05) is 0 Å². The molecular formula is C13H17Cl2N5O2. The van der Waals surface area contributed by atoms with Crippen LogP contribution in [-0.2, 0) is 11.3 Å². The van der Waals surface area contributed by atoms with Crippen LogP contribution in [0.3, 0.4) is 0 Å². The SMILES string of the molecule is Cl.O=C(C[C@H]1NCCC[C@@H]1O)Cn1cnc2c(Cl)ncnc21. The standard InChI is InChI=1S/C13H16ClN5O2.ClH/c14-12-11-13(17-6-16-12)19(7-18-11)5-8(20)4-9-10(21)2-1-3-15-9;/h6-7,9-10,15,21H,1-5H2;1H/t9-,10+;/m1./s1. The van der Waals surface area contributed by atoms with Crippen LogP contribution in [0, 0.1) is 0 Å². The summed E-state index contributed by atoms with van der Waals surface area (Å²) in [5.41, 5.74) is 1.03. The first kappa shape index (κ1) is 17.1. The van der Waals surface area contributed by atoms with Gasteiger partial charge in [-0.25, -0.2) is 15.0 Å². The molecule has 0 unspecified atom stereocenters. The van der Waals surface area contributed by atoms with E-state index in [0.29, 0.717) is 17.6 Å². The Morgan fingerprint density at radius 3 is 3.05 bits per heavy atom. The van der Waals surface area contributed by atoms with E-state index in [4.69, 9.17) is 11.6 Å². The first-order valence-electron chi connectivity index (χ1n) is 6.89. The van der Waals surface area contributed by atoms with Crippen molar-refractivity contribution in [2.45, 2.75) is 38.0 Å². The summed E-state index contributed by atoms with van der Waals surface area (Å²) in [5.74, 6) is 0.0162. The number of nitrogens with zero attached hydrogens (tertiary/aromatic N) is 4. The fourth-order valence-electron chi connectivity index (χ4n) is 2.61. The Labute approximate surface area is 138 Å². The average molecular weight is 346 g/mol. The molecule has 22 heavy (non-hydrogen) atoms. The molecule has 2 aromatic rings. The van der Waals surface area contributed by atoms with Gasteiger partial charge in [-0.2, -0.15) is 0 Å². The number of fused-ring (bicyclic) bond motifs is 1. The minimum absolute atomic E-state index is 0. The lowest BCUT2D eigenvalue weighted by atomic mass is 9.97. The van der Waals surface area contributed by atoms with E-state index >= 15 is 0 Å². The molecule has 0 aliphatic carbocycles. The molecule has 1 aliphatic heterocycles. The maximum Gasteiger partial charge on any atom is 0.165 e. The van der Waals surface area contributed by atoms with Crippen molar-refractivity contribution in [3.63, 3.8) is 0 Å². The highest BCUT2D eigenvalue weighted by Gasteiger charge is 2.25. The van der Waals surface area contributed by atoms with Gasteiger partial charge in [0.1, 0.15) is 11.8 Å². The molecule has 0 amide bonds. The zero-order chi connectivity index (χ0) is 14.8. The molecular weight excluding hydrogens is 329 g/mol. The smallest absolute Gasteiger partial charge is 0.165 e. The monoisotopic (exact) mass is 345 g/mol. The van der Waals surface area contributed by atoms with Crippen molar-refractivity contribution in [2.24, 2.45) is 0 Å². The molecule has 1 aliphatic rings. The van der Waals surface area contributed by atoms with Crippen molar-refractivity contribution >= 4 is 41.0 Å². The lowest BCUT2D eigenvalue weighted by molar-refractivity contribution is -0.121. The lowest BCUT2D eigenvalue weighted by Gasteiger charge is -2.28. The van der Waals surface area contributed by atoms with Crippen LogP contribution in [0.5, 0.6) is 0 Å². The zero-order valence-corrected chi connectivity index (χ0v) is 13.3. The second-order valence-corrected chi connectivity index (χ2v) is 5.58. The lowest BCUT2D eigenvalue weighted by Crippen LogP contribution is -2.46. The normalized spacial score (nSPS) is 21.5. The molecule has 7 nitrogen and oxygen atoms in total. The second-order valence-electron chi connectivity index (χ2n) is 5.22. The number of aliphatic hydroxyl groups excluding tert-OH is 1. The summed E-state index contributed by atoms with van der Waals surface area (Å²) in [7, 11) is 0. The van der Waals surface area contributed by atoms with Crippen LogP contribution in [-0.4, -0.2) is 49.1 Å². The van der Waals surface area contributed by atoms with E-state index in [0.717, 1.165) is 19.4 Å². The first-order chi connectivity index (χ1) is 10.1. The quantitative estimate of drug-likeness (QED) is 0.802. The number of imidazole rings is 1. The topological polar surface area (TPSA) is 92.9 Å². The average Bonchev–Trinajstić information content (AvgIpc) is 2.86. The van der Waals surface area contributed by atoms with Crippen molar-refractivity contribution in [2.75, 3.05) is 6.54 Å². The molecule has 0 bridgehead atoms. The third-order valence-corrected chi connectivity index (χ3v) is 3.98. The predicted octanol–water partition coefficient (Wildman–Crippen LogP) is 0.974. The van der Waals surface area contributed by atoms with Crippen molar-refractivity contribution in [3.8, 4) is 0 Å². The van der Waals surface area contributed by atoms with Gasteiger partial charge >= 0.3 is 0 Å². The molecule has 2 atom stereocenters. The van der Waals surface area contributed by atoms with Crippen LogP contribution in [0.1, 0.15) is 19.3 Å². The Kier molecular flexibility index (Phi) is 5.69. The van der Waals surface area contributed by atoms with Gasteiger partial charge < -0.3 is 15.0 Å². The van der Waals surface area contributed by atoms with Gasteiger partial charge in [-0.3, -0.25) is 4.79 Å². The highest BCUT2D eigenvalue weighted by Crippen LogP contribution is 2.18.